The molecular formula is C21H22N2O3. The molecule has 0 fully saturated rings. The van der Waals surface area contributed by atoms with Crippen LogP contribution in [0.5, 0.6) is 5.75 Å². The summed E-state index contributed by atoms with van der Waals surface area (Å²) in [4.78, 5) is 26.9. The molecule has 1 aromatic heterocycles. The Balaban J connectivity index is 1.73. The van der Waals surface area contributed by atoms with E-state index in [1.807, 2.05) is 19.1 Å². The van der Waals surface area contributed by atoms with Gasteiger partial charge in [-0.1, -0.05) is 19.4 Å². The minimum Gasteiger partial charge on any atom is -0.494 e. The van der Waals surface area contributed by atoms with Gasteiger partial charge in [-0.05, 0) is 55.3 Å². The minimum absolute atomic E-state index is 0.155. The first-order valence-corrected chi connectivity index (χ1v) is 8.74. The van der Waals surface area contributed by atoms with Crippen LogP contribution >= 0.6 is 0 Å². The highest BCUT2D eigenvalue weighted by molar-refractivity contribution is 6.05. The van der Waals surface area contributed by atoms with Gasteiger partial charge < -0.3 is 15.0 Å². The van der Waals surface area contributed by atoms with Gasteiger partial charge in [0.2, 0.25) is 5.56 Å². The number of rotatable bonds is 6. The summed E-state index contributed by atoms with van der Waals surface area (Å²) in [5.74, 6) is 0.549. The standard InChI is InChI=1S/C21H22N2O3/c1-3-4-11-26-17-8-5-15(6-9-17)21(25)22-16-7-10-18-14(2)12-20(24)23-19(18)13-16/h5-10,12-13H,3-4,11H2,1-2H3,(H,22,25)(H,23,24). The summed E-state index contributed by atoms with van der Waals surface area (Å²) in [5, 5.41) is 3.81. The summed E-state index contributed by atoms with van der Waals surface area (Å²) in [6.45, 7) is 4.68. The SMILES string of the molecule is CCCCOc1ccc(C(=O)Nc2ccc3c(C)cc(=O)[nH]c3c2)cc1. The van der Waals surface area contributed by atoms with Crippen LogP contribution in [0.15, 0.2) is 53.3 Å². The first-order valence-electron chi connectivity index (χ1n) is 8.74. The zero-order valence-corrected chi connectivity index (χ0v) is 15.0. The number of nitrogens with one attached hydrogen (secondary N) is 2. The van der Waals surface area contributed by atoms with Crippen molar-refractivity contribution >= 4 is 22.5 Å². The molecule has 3 rings (SSSR count). The third kappa shape index (κ3) is 4.11. The number of aromatic nitrogens is 1. The normalized spacial score (nSPS) is 10.7. The Kier molecular flexibility index (Phi) is 5.37. The van der Waals surface area contributed by atoms with Crippen LogP contribution < -0.4 is 15.6 Å². The molecule has 134 valence electrons. The zero-order valence-electron chi connectivity index (χ0n) is 15.0. The summed E-state index contributed by atoms with van der Waals surface area (Å²) in [6, 6.07) is 14.1. The van der Waals surface area contributed by atoms with Crippen LogP contribution in [0.1, 0.15) is 35.7 Å². The summed E-state index contributed by atoms with van der Waals surface area (Å²) >= 11 is 0. The molecule has 0 aliphatic heterocycles. The summed E-state index contributed by atoms with van der Waals surface area (Å²) < 4.78 is 5.60. The Morgan fingerprint density at radius 1 is 1.12 bits per heavy atom. The number of hydrogen-bond donors (Lipinski definition) is 2. The van der Waals surface area contributed by atoms with E-state index in [1.54, 1.807) is 36.4 Å². The number of aryl methyl sites for hydroxylation is 1. The topological polar surface area (TPSA) is 71.2 Å². The third-order valence-electron chi connectivity index (χ3n) is 4.19. The van der Waals surface area contributed by atoms with Crippen molar-refractivity contribution in [3.63, 3.8) is 0 Å². The van der Waals surface area contributed by atoms with Crippen molar-refractivity contribution in [2.45, 2.75) is 26.7 Å². The molecule has 1 heterocycles. The minimum atomic E-state index is -0.209. The number of aromatic amines is 1. The van der Waals surface area contributed by atoms with E-state index in [1.165, 1.54) is 0 Å². The van der Waals surface area contributed by atoms with Gasteiger partial charge in [-0.2, -0.15) is 0 Å². The lowest BCUT2D eigenvalue weighted by Gasteiger charge is -2.09. The number of benzene rings is 2. The predicted octanol–water partition coefficient (Wildman–Crippen LogP) is 4.27. The molecule has 5 nitrogen and oxygen atoms in total. The molecule has 26 heavy (non-hydrogen) atoms. The van der Waals surface area contributed by atoms with Gasteiger partial charge in [0.15, 0.2) is 0 Å². The van der Waals surface area contributed by atoms with Crippen molar-refractivity contribution < 1.29 is 9.53 Å². The average Bonchev–Trinajstić information content (AvgIpc) is 2.62. The number of fused-ring (bicyclic) bond motifs is 1. The van der Waals surface area contributed by atoms with E-state index in [2.05, 4.69) is 17.2 Å². The maximum atomic E-state index is 12.4. The van der Waals surface area contributed by atoms with Crippen LogP contribution in [0.4, 0.5) is 5.69 Å². The fourth-order valence-corrected chi connectivity index (χ4v) is 2.75. The van der Waals surface area contributed by atoms with Crippen molar-refractivity contribution in [3.8, 4) is 5.75 Å². The van der Waals surface area contributed by atoms with Gasteiger partial charge in [0, 0.05) is 22.7 Å². The number of pyridine rings is 1. The molecule has 2 aromatic carbocycles. The largest absolute Gasteiger partial charge is 0.494 e. The second kappa shape index (κ2) is 7.87. The van der Waals surface area contributed by atoms with E-state index in [0.717, 1.165) is 29.5 Å². The van der Waals surface area contributed by atoms with Gasteiger partial charge in [-0.3, -0.25) is 9.59 Å². The maximum absolute atomic E-state index is 12.4. The number of hydrogen-bond acceptors (Lipinski definition) is 3. The fraction of sp³-hybridized carbons (Fsp3) is 0.238. The highest BCUT2D eigenvalue weighted by Crippen LogP contribution is 2.20. The predicted molar refractivity (Wildman–Crippen MR) is 104 cm³/mol. The van der Waals surface area contributed by atoms with Gasteiger partial charge in [0.25, 0.3) is 5.91 Å². The Hall–Kier alpha value is -3.08. The number of H-pyrrole nitrogens is 1. The van der Waals surface area contributed by atoms with E-state index >= 15 is 0 Å². The second-order valence-corrected chi connectivity index (χ2v) is 6.26. The lowest BCUT2D eigenvalue weighted by Crippen LogP contribution is -2.12. The van der Waals surface area contributed by atoms with Crippen molar-refractivity contribution in [1.29, 1.82) is 0 Å². The van der Waals surface area contributed by atoms with Crippen molar-refractivity contribution in [2.24, 2.45) is 0 Å². The van der Waals surface area contributed by atoms with Crippen LogP contribution in [0.2, 0.25) is 0 Å². The number of amides is 1. The first-order chi connectivity index (χ1) is 12.6. The van der Waals surface area contributed by atoms with Crippen molar-refractivity contribution in [1.82, 2.24) is 4.98 Å². The maximum Gasteiger partial charge on any atom is 0.255 e. The lowest BCUT2D eigenvalue weighted by atomic mass is 10.1. The van der Waals surface area contributed by atoms with E-state index in [9.17, 15) is 9.59 Å². The average molecular weight is 350 g/mol. The molecule has 0 spiro atoms. The molecule has 0 saturated heterocycles. The van der Waals surface area contributed by atoms with E-state index < -0.39 is 0 Å². The molecule has 3 aromatic rings. The number of ether oxygens (including phenoxy) is 1. The van der Waals surface area contributed by atoms with Crippen LogP contribution in [-0.2, 0) is 0 Å². The van der Waals surface area contributed by atoms with Gasteiger partial charge in [0.05, 0.1) is 12.1 Å². The quantitative estimate of drug-likeness (QED) is 0.652. The summed E-state index contributed by atoms with van der Waals surface area (Å²) in [6.07, 6.45) is 2.09. The monoisotopic (exact) mass is 350 g/mol. The van der Waals surface area contributed by atoms with E-state index in [-0.39, 0.29) is 11.5 Å². The molecule has 0 atom stereocenters. The lowest BCUT2D eigenvalue weighted by molar-refractivity contribution is 0.102. The third-order valence-corrected chi connectivity index (χ3v) is 4.19. The van der Waals surface area contributed by atoms with Crippen LogP contribution in [-0.4, -0.2) is 17.5 Å². The van der Waals surface area contributed by atoms with Crippen molar-refractivity contribution in [3.05, 3.63) is 70.0 Å². The van der Waals surface area contributed by atoms with Gasteiger partial charge in [0.1, 0.15) is 5.75 Å². The molecular weight excluding hydrogens is 328 g/mol. The van der Waals surface area contributed by atoms with Crippen LogP contribution in [0.3, 0.4) is 0 Å². The second-order valence-electron chi connectivity index (χ2n) is 6.26. The number of unbranched alkanes of at least 4 members (excludes halogenated alkanes) is 1. The number of carbonyl (C=O) groups is 1. The highest BCUT2D eigenvalue weighted by Gasteiger charge is 2.08. The first kappa shape index (κ1) is 17.7. The molecule has 0 radical (unpaired) electrons. The summed E-state index contributed by atoms with van der Waals surface area (Å²) in [7, 11) is 0. The summed E-state index contributed by atoms with van der Waals surface area (Å²) in [5.41, 5.74) is 2.63. The molecule has 2 N–H and O–H groups in total. The van der Waals surface area contributed by atoms with Gasteiger partial charge in [-0.15, -0.1) is 0 Å². The number of carbonyl (C=O) groups excluding carboxylic acids is 1. The fourth-order valence-electron chi connectivity index (χ4n) is 2.75. The zero-order chi connectivity index (χ0) is 18.5. The number of anilines is 1. The van der Waals surface area contributed by atoms with E-state index in [0.29, 0.717) is 23.4 Å². The molecule has 1 amide bonds. The Morgan fingerprint density at radius 3 is 2.62 bits per heavy atom. The van der Waals surface area contributed by atoms with Gasteiger partial charge in [-0.25, -0.2) is 0 Å². The molecule has 0 bridgehead atoms. The van der Waals surface area contributed by atoms with Crippen LogP contribution in [0, 0.1) is 6.92 Å². The van der Waals surface area contributed by atoms with Crippen molar-refractivity contribution in [2.75, 3.05) is 11.9 Å². The Bertz CT molecular complexity index is 975. The van der Waals surface area contributed by atoms with Gasteiger partial charge >= 0.3 is 0 Å². The Morgan fingerprint density at radius 2 is 1.88 bits per heavy atom. The smallest absolute Gasteiger partial charge is 0.255 e. The molecule has 0 aliphatic rings. The molecule has 5 heteroatoms. The van der Waals surface area contributed by atoms with E-state index in [4.69, 9.17) is 4.74 Å². The molecule has 0 unspecified atom stereocenters. The molecule has 0 aliphatic carbocycles. The highest BCUT2D eigenvalue weighted by atomic mass is 16.5. The van der Waals surface area contributed by atoms with Crippen LogP contribution in [0.25, 0.3) is 10.9 Å². The Labute approximate surface area is 152 Å². The molecule has 0 saturated carbocycles.